The maximum atomic E-state index is 13.3. The van der Waals surface area contributed by atoms with Gasteiger partial charge in [0.15, 0.2) is 17.4 Å². The molecule has 5 aromatic rings. The number of hydrogen-bond acceptors (Lipinski definition) is 10. The fourth-order valence-electron chi connectivity index (χ4n) is 2.77. The number of nitrogens with one attached hydrogen (secondary N) is 2. The van der Waals surface area contributed by atoms with Crippen molar-refractivity contribution in [3.63, 3.8) is 0 Å². The number of nitrogens with zero attached hydrogens (tertiary/aromatic N) is 8. The molecule has 0 radical (unpaired) electrons. The van der Waals surface area contributed by atoms with Crippen LogP contribution in [0.15, 0.2) is 71.2 Å². The minimum absolute atomic E-state index is 0.351. The van der Waals surface area contributed by atoms with Crippen LogP contribution in [0.2, 0.25) is 0 Å². The van der Waals surface area contributed by atoms with E-state index in [0.29, 0.717) is 34.1 Å². The van der Waals surface area contributed by atoms with Gasteiger partial charge in [-0.15, -0.1) is 10.2 Å². The van der Waals surface area contributed by atoms with Crippen molar-refractivity contribution in [1.82, 2.24) is 45.4 Å². The lowest BCUT2D eigenvalue weighted by atomic mass is 10.2. The minimum atomic E-state index is -0.351. The molecule has 0 saturated carbocycles. The molecule has 4 heterocycles. The number of pyridine rings is 2. The predicted octanol–water partition coefficient (Wildman–Crippen LogP) is 3.61. The summed E-state index contributed by atoms with van der Waals surface area (Å²) in [7, 11) is 1.79. The van der Waals surface area contributed by atoms with Crippen LogP contribution in [0.25, 0.3) is 11.4 Å². The number of ether oxygens (including phenoxy) is 1. The maximum absolute atomic E-state index is 13.3. The Labute approximate surface area is 190 Å². The average Bonchev–Trinajstić information content (AvgIpc) is 3.50. The summed E-state index contributed by atoms with van der Waals surface area (Å²) in [4.78, 5) is 13.9. The summed E-state index contributed by atoms with van der Waals surface area (Å²) in [5.41, 5.74) is 0.732. The van der Waals surface area contributed by atoms with Crippen molar-refractivity contribution in [2.24, 2.45) is 7.05 Å². The van der Waals surface area contributed by atoms with Gasteiger partial charge in [-0.3, -0.25) is 4.68 Å². The summed E-state index contributed by atoms with van der Waals surface area (Å²) >= 11 is 1.34. The monoisotopic (exact) mass is 462 g/mol. The van der Waals surface area contributed by atoms with Crippen LogP contribution in [0.5, 0.6) is 11.5 Å². The summed E-state index contributed by atoms with van der Waals surface area (Å²) in [5.74, 6) is 2.01. The zero-order chi connectivity index (χ0) is 22.6. The van der Waals surface area contributed by atoms with Gasteiger partial charge in [-0.2, -0.15) is 0 Å². The highest BCUT2D eigenvalue weighted by Crippen LogP contribution is 2.35. The van der Waals surface area contributed by atoms with Crippen molar-refractivity contribution in [2.75, 3.05) is 5.32 Å². The first-order valence-electron chi connectivity index (χ1n) is 9.56. The van der Waals surface area contributed by atoms with E-state index in [9.17, 15) is 4.39 Å². The van der Waals surface area contributed by atoms with Gasteiger partial charge in [0, 0.05) is 36.0 Å². The number of tetrazole rings is 1. The second kappa shape index (κ2) is 9.00. The van der Waals surface area contributed by atoms with Crippen molar-refractivity contribution in [3.8, 4) is 22.9 Å². The molecule has 0 saturated heterocycles. The highest BCUT2D eigenvalue weighted by Gasteiger charge is 2.13. The van der Waals surface area contributed by atoms with Crippen LogP contribution in [0.3, 0.4) is 0 Å². The Balaban J connectivity index is 1.42. The lowest BCUT2D eigenvalue weighted by Crippen LogP contribution is -2.00. The van der Waals surface area contributed by atoms with Gasteiger partial charge in [-0.25, -0.2) is 24.4 Å². The first kappa shape index (κ1) is 20.5. The van der Waals surface area contributed by atoms with Crippen molar-refractivity contribution >= 4 is 23.4 Å². The molecule has 5 rings (SSSR count). The number of aromatic nitrogens is 9. The van der Waals surface area contributed by atoms with E-state index in [0.717, 1.165) is 10.5 Å². The number of rotatable bonds is 7. The Morgan fingerprint density at radius 2 is 1.94 bits per heavy atom. The molecule has 0 aliphatic heterocycles. The van der Waals surface area contributed by atoms with E-state index in [1.807, 2.05) is 6.07 Å². The van der Waals surface area contributed by atoms with Gasteiger partial charge in [0.25, 0.3) is 0 Å². The van der Waals surface area contributed by atoms with Crippen molar-refractivity contribution in [3.05, 3.63) is 67.0 Å². The molecule has 0 fully saturated rings. The van der Waals surface area contributed by atoms with Gasteiger partial charge >= 0.3 is 0 Å². The molecule has 0 atom stereocenters. The van der Waals surface area contributed by atoms with Crippen LogP contribution in [-0.4, -0.2) is 45.4 Å². The SMILES string of the molecule is Cn1cnc(Sc2cnc(Nc3ccc(-c4nnn[nH]4)cn3)c(Oc3ccc(F)cc3)c2)n1. The predicted molar refractivity (Wildman–Crippen MR) is 117 cm³/mol. The fraction of sp³-hybridized carbons (Fsp3) is 0.0500. The molecule has 33 heavy (non-hydrogen) atoms. The van der Waals surface area contributed by atoms with Crippen molar-refractivity contribution in [2.45, 2.75) is 10.1 Å². The Kier molecular flexibility index (Phi) is 5.59. The third kappa shape index (κ3) is 4.93. The standard InChI is InChI=1S/C20H15FN10OS/c1-31-11-24-20(28-31)33-15-8-16(32-14-5-3-13(21)4-6-14)19(23-10-15)25-17-7-2-12(9-22-17)18-26-29-30-27-18/h2-11H,1H3,(H,22,23,25)(H,26,27,29,30). The topological polar surface area (TPSA) is 132 Å². The van der Waals surface area contributed by atoms with Crippen LogP contribution >= 0.6 is 11.8 Å². The van der Waals surface area contributed by atoms with Crippen LogP contribution in [-0.2, 0) is 7.05 Å². The number of benzene rings is 1. The molecule has 0 unspecified atom stereocenters. The smallest absolute Gasteiger partial charge is 0.213 e. The Morgan fingerprint density at radius 3 is 2.64 bits per heavy atom. The lowest BCUT2D eigenvalue weighted by Gasteiger charge is -2.13. The molecule has 13 heteroatoms. The quantitative estimate of drug-likeness (QED) is 0.369. The number of halogens is 1. The van der Waals surface area contributed by atoms with E-state index in [-0.39, 0.29) is 5.82 Å². The fourth-order valence-corrected chi connectivity index (χ4v) is 3.52. The molecule has 4 aromatic heterocycles. The number of anilines is 2. The van der Waals surface area contributed by atoms with E-state index < -0.39 is 0 Å². The Bertz CT molecular complexity index is 1360. The van der Waals surface area contributed by atoms with E-state index in [2.05, 4.69) is 46.0 Å². The molecule has 2 N–H and O–H groups in total. The van der Waals surface area contributed by atoms with E-state index in [1.165, 1.54) is 36.0 Å². The first-order valence-corrected chi connectivity index (χ1v) is 10.4. The van der Waals surface area contributed by atoms with Crippen LogP contribution in [0.1, 0.15) is 0 Å². The molecular formula is C20H15FN10OS. The molecule has 0 aliphatic rings. The van der Waals surface area contributed by atoms with Crippen molar-refractivity contribution in [1.29, 1.82) is 0 Å². The normalized spacial score (nSPS) is 10.8. The number of hydrogen-bond donors (Lipinski definition) is 2. The maximum Gasteiger partial charge on any atom is 0.213 e. The molecule has 0 bridgehead atoms. The van der Waals surface area contributed by atoms with Crippen molar-refractivity contribution < 1.29 is 9.13 Å². The second-order valence-electron chi connectivity index (χ2n) is 6.68. The summed E-state index contributed by atoms with van der Waals surface area (Å²) in [6.07, 6.45) is 4.92. The Morgan fingerprint density at radius 1 is 1.06 bits per heavy atom. The minimum Gasteiger partial charge on any atom is -0.453 e. The van der Waals surface area contributed by atoms with Crippen LogP contribution < -0.4 is 10.1 Å². The summed E-state index contributed by atoms with van der Waals surface area (Å²) < 4.78 is 20.9. The highest BCUT2D eigenvalue weighted by molar-refractivity contribution is 7.99. The average molecular weight is 462 g/mol. The molecule has 0 aliphatic carbocycles. The van der Waals surface area contributed by atoms with E-state index in [1.54, 1.807) is 42.6 Å². The lowest BCUT2D eigenvalue weighted by molar-refractivity contribution is 0.479. The van der Waals surface area contributed by atoms with Gasteiger partial charge in [-0.1, -0.05) is 0 Å². The zero-order valence-electron chi connectivity index (χ0n) is 17.0. The number of H-pyrrole nitrogens is 1. The number of aromatic amines is 1. The summed E-state index contributed by atoms with van der Waals surface area (Å²) in [6.45, 7) is 0. The molecule has 11 nitrogen and oxygen atoms in total. The molecule has 0 amide bonds. The van der Waals surface area contributed by atoms with Gasteiger partial charge in [0.2, 0.25) is 5.16 Å². The second-order valence-corrected chi connectivity index (χ2v) is 7.72. The van der Waals surface area contributed by atoms with E-state index >= 15 is 0 Å². The number of aryl methyl sites for hydroxylation is 1. The van der Waals surface area contributed by atoms with Gasteiger partial charge in [-0.05, 0) is 58.6 Å². The van der Waals surface area contributed by atoms with Gasteiger partial charge in [0.1, 0.15) is 23.7 Å². The first-order chi connectivity index (χ1) is 16.1. The molecule has 1 aromatic carbocycles. The van der Waals surface area contributed by atoms with Gasteiger partial charge < -0.3 is 10.1 Å². The van der Waals surface area contributed by atoms with Crippen LogP contribution in [0.4, 0.5) is 16.0 Å². The third-order valence-corrected chi connectivity index (χ3v) is 5.11. The summed E-state index contributed by atoms with van der Waals surface area (Å²) in [5, 5.41) is 21.6. The molecule has 0 spiro atoms. The van der Waals surface area contributed by atoms with E-state index in [4.69, 9.17) is 4.74 Å². The largest absolute Gasteiger partial charge is 0.453 e. The molecular weight excluding hydrogens is 447 g/mol. The highest BCUT2D eigenvalue weighted by atomic mass is 32.2. The molecule has 164 valence electrons. The van der Waals surface area contributed by atoms with Crippen LogP contribution in [0, 0.1) is 5.82 Å². The zero-order valence-corrected chi connectivity index (χ0v) is 17.9. The summed E-state index contributed by atoms with van der Waals surface area (Å²) in [6, 6.07) is 11.1. The Hall–Kier alpha value is -4.39. The van der Waals surface area contributed by atoms with Gasteiger partial charge in [0.05, 0.1) is 0 Å². The third-order valence-electron chi connectivity index (χ3n) is 4.29.